The number of aromatic nitrogens is 1. The van der Waals surface area contributed by atoms with Gasteiger partial charge in [0.2, 0.25) is 15.5 Å². The number of aromatic amines is 1. The molecule has 0 amide bonds. The first-order valence-electron chi connectivity index (χ1n) is 6.73. The van der Waals surface area contributed by atoms with E-state index in [4.69, 9.17) is 0 Å². The van der Waals surface area contributed by atoms with Crippen molar-refractivity contribution in [2.24, 2.45) is 17.8 Å². The van der Waals surface area contributed by atoms with Crippen LogP contribution in [0.4, 0.5) is 0 Å². The fourth-order valence-corrected chi connectivity index (χ4v) is 4.68. The van der Waals surface area contributed by atoms with Gasteiger partial charge in [0.25, 0.3) is 0 Å². The smallest absolute Gasteiger partial charge is 0.245 e. The molecule has 0 saturated heterocycles. The Balaban J connectivity index is 1.69. The van der Waals surface area contributed by atoms with Crippen LogP contribution < -0.4 is 10.2 Å². The molecule has 0 radical (unpaired) electrons. The lowest BCUT2D eigenvalue weighted by molar-refractivity contribution is 0.333. The molecule has 2 fully saturated rings. The SMILES string of the molecule is O=c1cc[nH]cc1S(=O)(=O)NCC1CC2CCC1C2. The summed E-state index contributed by atoms with van der Waals surface area (Å²) in [4.78, 5) is 14.0. The van der Waals surface area contributed by atoms with E-state index < -0.39 is 15.5 Å². The maximum Gasteiger partial charge on any atom is 0.245 e. The second kappa shape index (κ2) is 4.76. The maximum atomic E-state index is 12.1. The van der Waals surface area contributed by atoms with Crippen molar-refractivity contribution in [2.45, 2.75) is 30.6 Å². The Morgan fingerprint density at radius 3 is 2.79 bits per heavy atom. The number of hydrogen-bond donors (Lipinski definition) is 2. The number of fused-ring (bicyclic) bond motifs is 2. The number of hydrogen-bond acceptors (Lipinski definition) is 3. The Labute approximate surface area is 112 Å². The molecule has 19 heavy (non-hydrogen) atoms. The normalized spacial score (nSPS) is 29.8. The zero-order valence-electron chi connectivity index (χ0n) is 10.6. The van der Waals surface area contributed by atoms with Gasteiger partial charge in [-0.05, 0) is 37.0 Å². The Morgan fingerprint density at radius 1 is 1.32 bits per heavy atom. The number of sulfonamides is 1. The van der Waals surface area contributed by atoms with Crippen molar-refractivity contribution in [1.82, 2.24) is 9.71 Å². The first-order valence-corrected chi connectivity index (χ1v) is 8.21. The van der Waals surface area contributed by atoms with Gasteiger partial charge in [0, 0.05) is 25.0 Å². The minimum absolute atomic E-state index is 0.196. The predicted octanol–water partition coefficient (Wildman–Crippen LogP) is 1.09. The van der Waals surface area contributed by atoms with Gasteiger partial charge in [0.15, 0.2) is 0 Å². The molecule has 1 heterocycles. The topological polar surface area (TPSA) is 79.0 Å². The minimum Gasteiger partial charge on any atom is -0.366 e. The van der Waals surface area contributed by atoms with E-state index in [1.807, 2.05) is 0 Å². The molecule has 2 saturated carbocycles. The zero-order chi connectivity index (χ0) is 13.5. The summed E-state index contributed by atoms with van der Waals surface area (Å²) in [7, 11) is -3.69. The highest BCUT2D eigenvalue weighted by molar-refractivity contribution is 7.89. The summed E-state index contributed by atoms with van der Waals surface area (Å²) in [6.07, 6.45) is 7.56. The quantitative estimate of drug-likeness (QED) is 0.867. The second-order valence-corrected chi connectivity index (χ2v) is 7.40. The van der Waals surface area contributed by atoms with Gasteiger partial charge in [0.05, 0.1) is 0 Å². The maximum absolute atomic E-state index is 12.1. The summed E-state index contributed by atoms with van der Waals surface area (Å²) >= 11 is 0. The third-order valence-electron chi connectivity index (χ3n) is 4.50. The van der Waals surface area contributed by atoms with Gasteiger partial charge in [-0.2, -0.15) is 0 Å². The van der Waals surface area contributed by atoms with Crippen molar-refractivity contribution < 1.29 is 8.42 Å². The van der Waals surface area contributed by atoms with Crippen LogP contribution in [0.3, 0.4) is 0 Å². The lowest BCUT2D eigenvalue weighted by atomic mass is 9.89. The first-order chi connectivity index (χ1) is 9.06. The fraction of sp³-hybridized carbons (Fsp3) is 0.615. The molecule has 2 aliphatic rings. The van der Waals surface area contributed by atoms with Crippen molar-refractivity contribution in [1.29, 1.82) is 0 Å². The number of nitrogens with one attached hydrogen (secondary N) is 2. The zero-order valence-corrected chi connectivity index (χ0v) is 11.4. The van der Waals surface area contributed by atoms with Crippen molar-refractivity contribution in [2.75, 3.05) is 6.54 Å². The predicted molar refractivity (Wildman–Crippen MR) is 71.2 cm³/mol. The molecule has 5 nitrogen and oxygen atoms in total. The molecule has 3 atom stereocenters. The molecule has 3 unspecified atom stereocenters. The lowest BCUT2D eigenvalue weighted by Crippen LogP contribution is -2.34. The molecule has 104 valence electrons. The van der Waals surface area contributed by atoms with E-state index in [0.29, 0.717) is 18.4 Å². The van der Waals surface area contributed by atoms with Crippen LogP contribution in [-0.4, -0.2) is 19.9 Å². The lowest BCUT2D eigenvalue weighted by Gasteiger charge is -2.21. The van der Waals surface area contributed by atoms with Gasteiger partial charge in [-0.15, -0.1) is 0 Å². The van der Waals surface area contributed by atoms with Crippen LogP contribution in [0.5, 0.6) is 0 Å². The summed E-state index contributed by atoms with van der Waals surface area (Å²) in [6.45, 7) is 0.456. The van der Waals surface area contributed by atoms with E-state index in [9.17, 15) is 13.2 Å². The summed E-state index contributed by atoms with van der Waals surface area (Å²) in [5.74, 6) is 1.90. The van der Waals surface area contributed by atoms with Gasteiger partial charge < -0.3 is 4.98 Å². The van der Waals surface area contributed by atoms with Crippen molar-refractivity contribution in [3.05, 3.63) is 28.7 Å². The Kier molecular flexibility index (Phi) is 3.22. The van der Waals surface area contributed by atoms with E-state index in [1.54, 1.807) is 0 Å². The van der Waals surface area contributed by atoms with Crippen LogP contribution in [-0.2, 0) is 10.0 Å². The Bertz CT molecular complexity index is 623. The summed E-state index contributed by atoms with van der Waals surface area (Å²) < 4.78 is 26.8. The largest absolute Gasteiger partial charge is 0.366 e. The van der Waals surface area contributed by atoms with Crippen LogP contribution in [0, 0.1) is 17.8 Å². The van der Waals surface area contributed by atoms with Crippen LogP contribution in [0.2, 0.25) is 0 Å². The summed E-state index contributed by atoms with van der Waals surface area (Å²) in [5, 5.41) is 0. The van der Waals surface area contributed by atoms with Gasteiger partial charge >= 0.3 is 0 Å². The van der Waals surface area contributed by atoms with Gasteiger partial charge in [-0.1, -0.05) is 6.42 Å². The highest BCUT2D eigenvalue weighted by Gasteiger charge is 2.39. The van der Waals surface area contributed by atoms with E-state index in [0.717, 1.165) is 12.3 Å². The molecule has 2 aliphatic carbocycles. The number of pyridine rings is 1. The Morgan fingerprint density at radius 2 is 2.16 bits per heavy atom. The molecule has 3 rings (SSSR count). The average Bonchev–Trinajstić information content (AvgIpc) is 2.99. The highest BCUT2D eigenvalue weighted by Crippen LogP contribution is 2.47. The van der Waals surface area contributed by atoms with Crippen molar-refractivity contribution in [3.63, 3.8) is 0 Å². The molecular formula is C13H18N2O3S. The van der Waals surface area contributed by atoms with E-state index in [2.05, 4.69) is 9.71 Å². The van der Waals surface area contributed by atoms with E-state index in [-0.39, 0.29) is 4.90 Å². The molecule has 0 spiro atoms. The first kappa shape index (κ1) is 12.9. The van der Waals surface area contributed by atoms with Gasteiger partial charge in [-0.3, -0.25) is 4.79 Å². The summed E-state index contributed by atoms with van der Waals surface area (Å²) in [5.41, 5.74) is -0.473. The second-order valence-electron chi connectivity index (χ2n) is 5.66. The Hall–Kier alpha value is -1.14. The van der Waals surface area contributed by atoms with Crippen LogP contribution >= 0.6 is 0 Å². The number of H-pyrrole nitrogens is 1. The van der Waals surface area contributed by atoms with Crippen molar-refractivity contribution >= 4 is 10.0 Å². The highest BCUT2D eigenvalue weighted by atomic mass is 32.2. The van der Waals surface area contributed by atoms with Crippen LogP contribution in [0.25, 0.3) is 0 Å². The molecule has 0 aliphatic heterocycles. The third-order valence-corrected chi connectivity index (χ3v) is 5.94. The van der Waals surface area contributed by atoms with E-state index >= 15 is 0 Å². The molecular weight excluding hydrogens is 264 g/mol. The van der Waals surface area contributed by atoms with Gasteiger partial charge in [-0.25, -0.2) is 13.1 Å². The summed E-state index contributed by atoms with van der Waals surface area (Å²) in [6, 6.07) is 1.23. The molecule has 2 bridgehead atoms. The van der Waals surface area contributed by atoms with E-state index in [1.165, 1.54) is 37.7 Å². The average molecular weight is 282 g/mol. The monoisotopic (exact) mass is 282 g/mol. The van der Waals surface area contributed by atoms with Gasteiger partial charge in [0.1, 0.15) is 4.90 Å². The molecule has 6 heteroatoms. The molecule has 2 N–H and O–H groups in total. The minimum atomic E-state index is -3.69. The van der Waals surface area contributed by atoms with Crippen molar-refractivity contribution in [3.8, 4) is 0 Å². The molecule has 1 aromatic rings. The standard InChI is InChI=1S/C13H18N2O3S/c16-12-3-4-14-8-13(12)19(17,18)15-7-11-6-9-1-2-10(11)5-9/h3-4,8-11,15H,1-2,5-7H2,(H,14,16). The molecule has 0 aromatic carbocycles. The fourth-order valence-electron chi connectivity index (χ4n) is 3.53. The van der Waals surface area contributed by atoms with Crippen LogP contribution in [0.15, 0.2) is 28.2 Å². The molecule has 1 aromatic heterocycles. The third kappa shape index (κ3) is 2.47. The number of rotatable bonds is 4. The van der Waals surface area contributed by atoms with Crippen LogP contribution in [0.1, 0.15) is 25.7 Å².